The largest absolute Gasteiger partial charge is 0.494 e. The average molecular weight is 1010 g/mol. The van der Waals surface area contributed by atoms with E-state index in [4.69, 9.17) is 4.74 Å². The topological polar surface area (TPSA) is 277 Å². The molecule has 4 heterocycles. The van der Waals surface area contributed by atoms with Crippen LogP contribution in [0, 0.1) is 18.3 Å². The van der Waals surface area contributed by atoms with Crippen molar-refractivity contribution in [2.24, 2.45) is 11.3 Å². The summed E-state index contributed by atoms with van der Waals surface area (Å²) in [5.74, 6) is -1.01. The van der Waals surface area contributed by atoms with Crippen molar-refractivity contribution in [2.45, 2.75) is 110 Å². The summed E-state index contributed by atoms with van der Waals surface area (Å²) in [6.45, 7) is 8.35. The second-order valence-electron chi connectivity index (χ2n) is 19.0. The molecule has 0 unspecified atom stereocenters. The highest BCUT2D eigenvalue weighted by Crippen LogP contribution is 2.38. The number of carbonyl (C=O) groups excluding carboxylic acids is 6. The third-order valence-electron chi connectivity index (χ3n) is 12.4. The molecule has 7 rings (SSSR count). The fraction of sp³-hybridized carbons (Fsp3) is 0.460. The molecule has 6 amide bonds. The van der Waals surface area contributed by atoms with E-state index in [1.54, 1.807) is 46.1 Å². The van der Waals surface area contributed by atoms with E-state index in [2.05, 4.69) is 57.2 Å². The Hall–Kier alpha value is -7.33. The van der Waals surface area contributed by atoms with Crippen LogP contribution in [0.1, 0.15) is 93.9 Å². The van der Waals surface area contributed by atoms with Gasteiger partial charge in [0.15, 0.2) is 23.1 Å². The fourth-order valence-electron chi connectivity index (χ4n) is 8.27. The zero-order valence-corrected chi connectivity index (χ0v) is 42.2. The highest BCUT2D eigenvalue weighted by atomic mass is 32.1. The quantitative estimate of drug-likeness (QED) is 0.0471. The molecule has 21 nitrogen and oxygen atoms in total. The number of thiazole rings is 1. The number of nitrogens with one attached hydrogen (secondary N) is 6. The molecule has 72 heavy (non-hydrogen) atoms. The number of aliphatic hydroxyl groups excluding tert-OH is 1. The van der Waals surface area contributed by atoms with E-state index < -0.39 is 35.4 Å². The van der Waals surface area contributed by atoms with Crippen LogP contribution in [-0.2, 0) is 37.1 Å². The highest BCUT2D eigenvalue weighted by molar-refractivity contribution is 7.13. The average Bonchev–Trinajstić information content (AvgIpc) is 3.75. The summed E-state index contributed by atoms with van der Waals surface area (Å²) < 4.78 is 7.38. The number of ether oxygens (including phenoxy) is 1. The Morgan fingerprint density at radius 2 is 1.67 bits per heavy atom. The maximum Gasteiger partial charge on any atom is 0.273 e. The van der Waals surface area contributed by atoms with Crippen molar-refractivity contribution in [1.82, 2.24) is 56.1 Å². The lowest BCUT2D eigenvalue weighted by Crippen LogP contribution is -2.57. The number of para-hydroxylation sites is 1. The van der Waals surface area contributed by atoms with Crippen LogP contribution in [0.2, 0.25) is 0 Å². The molecule has 3 atom stereocenters. The van der Waals surface area contributed by atoms with E-state index in [0.717, 1.165) is 34.5 Å². The van der Waals surface area contributed by atoms with Gasteiger partial charge in [0.25, 0.3) is 5.91 Å². The summed E-state index contributed by atoms with van der Waals surface area (Å²) in [6.07, 6.45) is 4.44. The van der Waals surface area contributed by atoms with Crippen LogP contribution in [0.5, 0.6) is 5.75 Å². The molecule has 22 heteroatoms. The molecule has 5 aromatic rings. The fourth-order valence-corrected chi connectivity index (χ4v) is 9.08. The van der Waals surface area contributed by atoms with Crippen LogP contribution in [-0.4, -0.2) is 121 Å². The molecule has 2 aliphatic rings. The first-order chi connectivity index (χ1) is 34.5. The minimum atomic E-state index is -0.938. The molecule has 1 aliphatic heterocycles. The van der Waals surface area contributed by atoms with E-state index in [9.17, 15) is 33.9 Å². The van der Waals surface area contributed by atoms with Gasteiger partial charge in [-0.05, 0) is 61.3 Å². The van der Waals surface area contributed by atoms with Crippen molar-refractivity contribution < 1.29 is 38.6 Å². The molecule has 1 aliphatic carbocycles. The number of benzene rings is 2. The number of amides is 6. The van der Waals surface area contributed by atoms with Gasteiger partial charge in [-0.1, -0.05) is 57.5 Å². The van der Waals surface area contributed by atoms with Crippen LogP contribution >= 0.6 is 11.3 Å². The number of aromatic nitrogens is 6. The Kier molecular flexibility index (Phi) is 17.3. The van der Waals surface area contributed by atoms with Gasteiger partial charge in [-0.15, -0.1) is 21.5 Å². The Balaban J connectivity index is 0.837. The molecule has 7 N–H and O–H groups in total. The number of unbranched alkanes of at least 4 members (excludes halogenated alkanes) is 2. The molecule has 1 saturated heterocycles. The van der Waals surface area contributed by atoms with Crippen LogP contribution < -0.4 is 36.6 Å². The number of carbonyl (C=O) groups is 6. The summed E-state index contributed by atoms with van der Waals surface area (Å²) >= 11 is 1.57. The first-order valence-electron chi connectivity index (χ1n) is 24.1. The molecule has 2 aromatic carbocycles. The van der Waals surface area contributed by atoms with Gasteiger partial charge in [0.1, 0.15) is 18.4 Å². The first-order valence-corrected chi connectivity index (χ1v) is 25.0. The number of β-amino-alcohol motifs (C(OH)–C–C–N with tert-alkyl or cyclic N) is 1. The monoisotopic (exact) mass is 1010 g/mol. The number of hydrogen-bond acceptors (Lipinski definition) is 15. The summed E-state index contributed by atoms with van der Waals surface area (Å²) in [6, 6.07) is 12.9. The van der Waals surface area contributed by atoms with Gasteiger partial charge < -0.3 is 46.6 Å². The predicted octanol–water partition coefficient (Wildman–Crippen LogP) is 4.50. The molecule has 382 valence electrons. The van der Waals surface area contributed by atoms with Crippen LogP contribution in [0.25, 0.3) is 21.8 Å². The lowest BCUT2D eigenvalue weighted by atomic mass is 9.85. The highest BCUT2D eigenvalue weighted by Gasteiger charge is 2.44. The third-order valence-corrected chi connectivity index (χ3v) is 13.4. The van der Waals surface area contributed by atoms with Crippen LogP contribution in [0.3, 0.4) is 0 Å². The molecule has 0 radical (unpaired) electrons. The number of hydrogen-bond donors (Lipinski definition) is 7. The van der Waals surface area contributed by atoms with Crippen molar-refractivity contribution >= 4 is 64.0 Å². The Morgan fingerprint density at radius 1 is 0.917 bits per heavy atom. The molecular formula is C50H63N13O8S. The maximum atomic E-state index is 14.0. The molecular weight excluding hydrogens is 943 g/mol. The zero-order chi connectivity index (χ0) is 51.5. The maximum absolute atomic E-state index is 14.0. The number of rotatable bonds is 22. The van der Waals surface area contributed by atoms with E-state index in [1.165, 1.54) is 25.1 Å². The number of aryl methyl sites for hydroxylation is 1. The van der Waals surface area contributed by atoms with E-state index in [0.29, 0.717) is 60.9 Å². The number of nitrogens with zero attached hydrogens (tertiary/aromatic N) is 7. The molecule has 0 bridgehead atoms. The lowest BCUT2D eigenvalue weighted by Gasteiger charge is -2.35. The number of likely N-dealkylation sites (tertiary alicyclic amines) is 1. The van der Waals surface area contributed by atoms with Crippen molar-refractivity contribution in [3.8, 4) is 27.6 Å². The van der Waals surface area contributed by atoms with Gasteiger partial charge in [0, 0.05) is 57.9 Å². The SMILES string of the molecule is CNC(=O)c1nnc(NC(=O)C2CC2)cc1Nc1cccc(-c2ncn(CCNC(=O)CCCCCC(=O)N[C@H](C(=O)N3C[C@H](O)C[C@H]3C(=O)NCc3ccc(-c4scnc4C)cc3)C(C)(C)C)n2)c1OC. The van der Waals surface area contributed by atoms with Gasteiger partial charge >= 0.3 is 0 Å². The minimum Gasteiger partial charge on any atom is -0.494 e. The number of aliphatic hydroxyl groups is 1. The third kappa shape index (κ3) is 13.5. The van der Waals surface area contributed by atoms with Crippen LogP contribution in [0.15, 0.2) is 60.4 Å². The summed E-state index contributed by atoms with van der Waals surface area (Å²) in [4.78, 5) is 89.8. The van der Waals surface area contributed by atoms with Gasteiger partial charge in [-0.3, -0.25) is 33.4 Å². The van der Waals surface area contributed by atoms with E-state index in [-0.39, 0.29) is 73.4 Å². The van der Waals surface area contributed by atoms with E-state index >= 15 is 0 Å². The smallest absolute Gasteiger partial charge is 0.273 e. The minimum absolute atomic E-state index is 0.0123. The normalized spacial score (nSPS) is 15.8. The Morgan fingerprint density at radius 3 is 2.35 bits per heavy atom. The molecule has 1 saturated carbocycles. The van der Waals surface area contributed by atoms with Gasteiger partial charge in [-0.25, -0.2) is 9.97 Å². The molecule has 0 spiro atoms. The predicted molar refractivity (Wildman–Crippen MR) is 270 cm³/mol. The van der Waals surface area contributed by atoms with Gasteiger partial charge in [-0.2, -0.15) is 5.10 Å². The Labute approximate surface area is 421 Å². The van der Waals surface area contributed by atoms with Gasteiger partial charge in [0.05, 0.1) is 52.8 Å². The standard InChI is InChI=1S/C50H63N13O8S/c1-29-43(72-28-55-29)31-17-15-30(16-18-31)25-53-47(68)37-23-33(64)26-63(37)49(70)44(50(2,3)4)58-40(66)14-9-7-8-13-39(65)52-21-22-62-27-54-45(61-62)34-11-10-12-35(42(34)71-6)56-36-24-38(57-46(67)32-19-20-32)59-60-41(36)48(69)51-5/h10-12,15-18,24,27-28,32-33,37,44,64H,7-9,13-14,19-23,25-26H2,1-6H3,(H,51,69)(H,52,65)(H,53,68)(H,58,66)(H2,56,57,59,67)/t33-,37+,44-/m1/s1. The number of anilines is 3. The van der Waals surface area contributed by atoms with Crippen molar-refractivity contribution in [1.29, 1.82) is 0 Å². The first kappa shape index (κ1) is 52.5. The molecule has 3 aromatic heterocycles. The Bertz CT molecular complexity index is 2750. The van der Waals surface area contributed by atoms with Crippen LogP contribution in [0.4, 0.5) is 17.2 Å². The second-order valence-corrected chi connectivity index (χ2v) is 19.9. The van der Waals surface area contributed by atoms with Crippen molar-refractivity contribution in [3.63, 3.8) is 0 Å². The van der Waals surface area contributed by atoms with Gasteiger partial charge in [0.2, 0.25) is 29.5 Å². The summed E-state index contributed by atoms with van der Waals surface area (Å²) in [5, 5.41) is 40.5. The van der Waals surface area contributed by atoms with E-state index in [1.807, 2.05) is 52.0 Å². The number of methoxy groups -OCH3 is 1. The molecule has 2 fully saturated rings. The second kappa shape index (κ2) is 23.7. The van der Waals surface area contributed by atoms with Crippen molar-refractivity contribution in [2.75, 3.05) is 37.9 Å². The van der Waals surface area contributed by atoms with Crippen molar-refractivity contribution in [3.05, 3.63) is 77.3 Å². The lowest BCUT2D eigenvalue weighted by molar-refractivity contribution is -0.144. The summed E-state index contributed by atoms with van der Waals surface area (Å²) in [7, 11) is 2.98. The zero-order valence-electron chi connectivity index (χ0n) is 41.4. The summed E-state index contributed by atoms with van der Waals surface area (Å²) in [5.41, 5.74) is 5.34.